The molecule has 0 fully saturated rings. The van der Waals surface area contributed by atoms with E-state index in [4.69, 9.17) is 4.74 Å². The van der Waals surface area contributed by atoms with Crippen LogP contribution in [0.1, 0.15) is 17.7 Å². The number of nitrogens with one attached hydrogen (secondary N) is 1. The minimum absolute atomic E-state index is 0. The third-order valence-electron chi connectivity index (χ3n) is 5.04. The molecule has 0 aliphatic rings. The second-order valence-corrected chi connectivity index (χ2v) is 8.00. The van der Waals surface area contributed by atoms with E-state index in [2.05, 4.69) is 15.4 Å². The van der Waals surface area contributed by atoms with Gasteiger partial charge in [0.1, 0.15) is 11.5 Å². The molecule has 0 aliphatic carbocycles. The molecule has 36 heavy (non-hydrogen) atoms. The monoisotopic (exact) mass is 532 g/mol. The number of fused-ring (bicyclic) bond motifs is 1. The molecule has 3 rings (SSSR count). The molecule has 3 aromatic rings. The normalized spacial score (nSPS) is 11.4. The molecular formula is C22H25ClF4N6O3. The van der Waals surface area contributed by atoms with Gasteiger partial charge in [0.25, 0.3) is 0 Å². The maximum atomic E-state index is 13.6. The zero-order chi connectivity index (χ0) is 25.9. The number of halogens is 5. The van der Waals surface area contributed by atoms with Crippen molar-refractivity contribution >= 4 is 47.3 Å². The molecule has 2 heterocycles. The van der Waals surface area contributed by atoms with Gasteiger partial charge in [-0.3, -0.25) is 9.48 Å². The second-order valence-electron chi connectivity index (χ2n) is 8.00. The van der Waals surface area contributed by atoms with Crippen LogP contribution in [0, 0.1) is 12.7 Å². The van der Waals surface area contributed by atoms with Crippen LogP contribution in [0.2, 0.25) is 0 Å². The van der Waals surface area contributed by atoms with Gasteiger partial charge in [-0.15, -0.1) is 12.4 Å². The van der Waals surface area contributed by atoms with E-state index in [0.29, 0.717) is 46.7 Å². The van der Waals surface area contributed by atoms with Gasteiger partial charge >= 0.3 is 12.2 Å². The smallest absolute Gasteiger partial charge is 0.419 e. The molecule has 1 N–H and O–H groups in total. The maximum Gasteiger partial charge on any atom is 0.419 e. The van der Waals surface area contributed by atoms with Crippen molar-refractivity contribution in [1.29, 1.82) is 0 Å². The molecule has 0 atom stereocenters. The topological polar surface area (TPSA) is 92.6 Å². The molecule has 2 aromatic heterocycles. The van der Waals surface area contributed by atoms with Crippen LogP contribution in [0.4, 0.5) is 33.7 Å². The van der Waals surface area contributed by atoms with E-state index in [-0.39, 0.29) is 42.7 Å². The van der Waals surface area contributed by atoms with Crippen molar-refractivity contribution in [1.82, 2.24) is 19.7 Å². The van der Waals surface area contributed by atoms with Crippen LogP contribution in [0.15, 0.2) is 24.3 Å². The highest BCUT2D eigenvalue weighted by atomic mass is 35.5. The van der Waals surface area contributed by atoms with Crippen molar-refractivity contribution in [2.75, 3.05) is 37.5 Å². The van der Waals surface area contributed by atoms with Crippen LogP contribution in [0.25, 0.3) is 11.0 Å². The van der Waals surface area contributed by atoms with Crippen molar-refractivity contribution in [3.63, 3.8) is 0 Å². The van der Waals surface area contributed by atoms with E-state index in [1.807, 2.05) is 19.0 Å². The van der Waals surface area contributed by atoms with Crippen molar-refractivity contribution in [3.05, 3.63) is 41.3 Å². The number of ether oxygens (including phenoxy) is 1. The van der Waals surface area contributed by atoms with Crippen LogP contribution in [0.3, 0.4) is 0 Å². The SMILES string of the molecule is Cc1nn(C)c2nc(OCCCN(C)C)c(N(C=O)C(=O)Nc3ccc(F)c(C(F)(F)F)c3)cc12.Cl. The fourth-order valence-corrected chi connectivity index (χ4v) is 3.36. The third-order valence-corrected chi connectivity index (χ3v) is 5.04. The molecule has 0 radical (unpaired) electrons. The van der Waals surface area contributed by atoms with E-state index in [1.54, 1.807) is 14.0 Å². The van der Waals surface area contributed by atoms with Gasteiger partial charge in [-0.05, 0) is 51.7 Å². The molecule has 0 unspecified atom stereocenters. The zero-order valence-electron chi connectivity index (χ0n) is 19.9. The number of benzene rings is 1. The highest BCUT2D eigenvalue weighted by Crippen LogP contribution is 2.34. The van der Waals surface area contributed by atoms with Crippen molar-refractivity contribution in [3.8, 4) is 5.88 Å². The van der Waals surface area contributed by atoms with Crippen molar-refractivity contribution in [2.45, 2.75) is 19.5 Å². The summed E-state index contributed by atoms with van der Waals surface area (Å²) in [7, 11) is 5.47. The summed E-state index contributed by atoms with van der Waals surface area (Å²) in [5.41, 5.74) is -0.893. The standard InChI is InChI=1S/C22H24F4N6O3.ClH/c1-13-15-11-18(20(28-19(15)31(4)29-13)35-9-5-8-30(2)3)32(12-33)21(34)27-14-6-7-17(23)16(10-14)22(24,25)26;/h6-7,10-12H,5,8-9H2,1-4H3,(H,27,34);1H. The molecule has 0 bridgehead atoms. The lowest BCUT2D eigenvalue weighted by atomic mass is 10.2. The Morgan fingerprint density at radius 3 is 2.56 bits per heavy atom. The molecule has 0 saturated carbocycles. The predicted octanol–water partition coefficient (Wildman–Crippen LogP) is 4.38. The number of hydrogen-bond acceptors (Lipinski definition) is 6. The number of alkyl halides is 3. The highest BCUT2D eigenvalue weighted by molar-refractivity contribution is 6.13. The summed E-state index contributed by atoms with van der Waals surface area (Å²) < 4.78 is 60.0. The Morgan fingerprint density at radius 1 is 1.25 bits per heavy atom. The van der Waals surface area contributed by atoms with Gasteiger partial charge in [0.05, 0.1) is 17.9 Å². The average Bonchev–Trinajstić information content (AvgIpc) is 3.04. The molecule has 9 nitrogen and oxygen atoms in total. The zero-order valence-corrected chi connectivity index (χ0v) is 20.7. The summed E-state index contributed by atoms with van der Waals surface area (Å²) in [6.45, 7) is 2.65. The minimum Gasteiger partial charge on any atom is -0.476 e. The van der Waals surface area contributed by atoms with E-state index in [9.17, 15) is 27.2 Å². The molecule has 0 saturated heterocycles. The Balaban J connectivity index is 0.00000456. The number of carbonyl (C=O) groups excluding carboxylic acids is 2. The summed E-state index contributed by atoms with van der Waals surface area (Å²) in [6, 6.07) is 2.39. The number of aryl methyl sites for hydroxylation is 2. The van der Waals surface area contributed by atoms with E-state index in [1.165, 1.54) is 10.7 Å². The number of urea groups is 1. The fraction of sp³-hybridized carbons (Fsp3) is 0.364. The summed E-state index contributed by atoms with van der Waals surface area (Å²) in [4.78, 5) is 31.8. The van der Waals surface area contributed by atoms with Gasteiger partial charge < -0.3 is 15.0 Å². The number of nitrogens with zero attached hydrogens (tertiary/aromatic N) is 5. The fourth-order valence-electron chi connectivity index (χ4n) is 3.36. The number of imide groups is 1. The predicted molar refractivity (Wildman–Crippen MR) is 128 cm³/mol. The Hall–Kier alpha value is -3.45. The lowest BCUT2D eigenvalue weighted by Crippen LogP contribution is -2.34. The van der Waals surface area contributed by atoms with E-state index in [0.717, 1.165) is 6.07 Å². The maximum absolute atomic E-state index is 13.6. The lowest BCUT2D eigenvalue weighted by molar-refractivity contribution is -0.139. The van der Waals surface area contributed by atoms with Gasteiger partial charge in [0.15, 0.2) is 5.65 Å². The summed E-state index contributed by atoms with van der Waals surface area (Å²) in [5, 5.41) is 7.01. The average molecular weight is 533 g/mol. The first-order valence-electron chi connectivity index (χ1n) is 10.5. The van der Waals surface area contributed by atoms with Crippen LogP contribution < -0.4 is 15.0 Å². The van der Waals surface area contributed by atoms with Crippen LogP contribution in [-0.2, 0) is 18.0 Å². The number of carbonyl (C=O) groups is 2. The molecule has 3 amide bonds. The first kappa shape index (κ1) is 28.8. The summed E-state index contributed by atoms with van der Waals surface area (Å²) >= 11 is 0. The lowest BCUT2D eigenvalue weighted by Gasteiger charge is -2.20. The quantitative estimate of drug-likeness (QED) is 0.263. The van der Waals surface area contributed by atoms with E-state index < -0.39 is 23.6 Å². The number of amides is 3. The minimum atomic E-state index is -4.96. The number of anilines is 2. The largest absolute Gasteiger partial charge is 0.476 e. The molecule has 0 aliphatic heterocycles. The van der Waals surface area contributed by atoms with Gasteiger partial charge in [0.2, 0.25) is 12.3 Å². The Labute approximate surface area is 210 Å². The number of hydrogen-bond donors (Lipinski definition) is 1. The van der Waals surface area contributed by atoms with Gasteiger partial charge in [-0.1, -0.05) is 0 Å². The first-order chi connectivity index (χ1) is 16.4. The number of rotatable bonds is 8. The van der Waals surface area contributed by atoms with Crippen LogP contribution in [-0.4, -0.2) is 59.4 Å². The summed E-state index contributed by atoms with van der Waals surface area (Å²) in [6.07, 6.45) is -4.15. The number of pyridine rings is 1. The molecule has 0 spiro atoms. The van der Waals surface area contributed by atoms with Gasteiger partial charge in [-0.2, -0.15) is 23.3 Å². The third kappa shape index (κ3) is 6.40. The Morgan fingerprint density at radius 2 is 1.94 bits per heavy atom. The number of aromatic nitrogens is 3. The Kier molecular flexibility index (Phi) is 9.21. The second kappa shape index (κ2) is 11.5. The highest BCUT2D eigenvalue weighted by Gasteiger charge is 2.34. The molecule has 196 valence electrons. The van der Waals surface area contributed by atoms with Crippen molar-refractivity contribution in [2.24, 2.45) is 7.05 Å². The van der Waals surface area contributed by atoms with Gasteiger partial charge in [0, 0.05) is 24.7 Å². The van der Waals surface area contributed by atoms with Crippen LogP contribution in [0.5, 0.6) is 5.88 Å². The molecular weight excluding hydrogens is 508 g/mol. The van der Waals surface area contributed by atoms with Crippen molar-refractivity contribution < 1.29 is 31.9 Å². The van der Waals surface area contributed by atoms with Gasteiger partial charge in [-0.25, -0.2) is 14.1 Å². The molecule has 14 heteroatoms. The first-order valence-corrected chi connectivity index (χ1v) is 10.5. The van der Waals surface area contributed by atoms with Crippen LogP contribution >= 0.6 is 12.4 Å². The van der Waals surface area contributed by atoms with E-state index >= 15 is 0 Å². The summed E-state index contributed by atoms with van der Waals surface area (Å²) in [5.74, 6) is -1.52. The Bertz CT molecular complexity index is 1250. The molecule has 1 aromatic carbocycles.